The summed E-state index contributed by atoms with van der Waals surface area (Å²) in [6.45, 7) is 2.65. The summed E-state index contributed by atoms with van der Waals surface area (Å²) in [7, 11) is 0. The highest BCUT2D eigenvalue weighted by Crippen LogP contribution is 2.61. The number of carbonyl (C=O) groups excluding carboxylic acids is 3. The van der Waals surface area contributed by atoms with E-state index in [4.69, 9.17) is 0 Å². The molecular formula is C24H22N4O5. The first-order chi connectivity index (χ1) is 15.9. The lowest BCUT2D eigenvalue weighted by molar-refractivity contribution is -0.384. The highest BCUT2D eigenvalue weighted by molar-refractivity contribution is 6.26. The molecule has 0 aromatic heterocycles. The van der Waals surface area contributed by atoms with Crippen molar-refractivity contribution in [3.63, 3.8) is 0 Å². The first kappa shape index (κ1) is 20.0. The summed E-state index contributed by atoms with van der Waals surface area (Å²) in [4.78, 5) is 55.2. The molecule has 4 aliphatic heterocycles. The Morgan fingerprint density at radius 1 is 1.15 bits per heavy atom. The van der Waals surface area contributed by atoms with Crippen LogP contribution < -0.4 is 10.2 Å². The summed E-state index contributed by atoms with van der Waals surface area (Å²) in [6.07, 6.45) is 2.29. The van der Waals surface area contributed by atoms with Crippen molar-refractivity contribution in [2.45, 2.75) is 37.8 Å². The second kappa shape index (κ2) is 6.71. The molecule has 0 saturated carbocycles. The number of nitrogens with zero attached hydrogens (tertiary/aromatic N) is 3. The van der Waals surface area contributed by atoms with Crippen LogP contribution in [0.1, 0.15) is 30.9 Å². The van der Waals surface area contributed by atoms with Gasteiger partial charge >= 0.3 is 0 Å². The molecule has 3 amide bonds. The zero-order valence-corrected chi connectivity index (χ0v) is 18.0. The Morgan fingerprint density at radius 3 is 2.70 bits per heavy atom. The van der Waals surface area contributed by atoms with E-state index in [1.165, 1.54) is 24.3 Å². The van der Waals surface area contributed by atoms with Gasteiger partial charge in [0.25, 0.3) is 5.69 Å². The van der Waals surface area contributed by atoms with E-state index >= 15 is 0 Å². The minimum absolute atomic E-state index is 0.175. The number of carbonyl (C=O) groups is 3. The van der Waals surface area contributed by atoms with Crippen molar-refractivity contribution in [2.75, 3.05) is 16.8 Å². The lowest BCUT2D eigenvalue weighted by Crippen LogP contribution is -2.54. The van der Waals surface area contributed by atoms with Gasteiger partial charge in [-0.2, -0.15) is 0 Å². The predicted octanol–water partition coefficient (Wildman–Crippen LogP) is 2.59. The van der Waals surface area contributed by atoms with E-state index < -0.39 is 28.2 Å². The molecule has 2 aromatic carbocycles. The second-order valence-electron chi connectivity index (χ2n) is 9.11. The number of nitrogens with one attached hydrogen (secondary N) is 1. The number of nitro benzene ring substituents is 1. The Bertz CT molecular complexity index is 1260. The van der Waals surface area contributed by atoms with Gasteiger partial charge in [0.1, 0.15) is 5.54 Å². The number of nitro groups is 1. The van der Waals surface area contributed by atoms with Gasteiger partial charge in [0, 0.05) is 29.4 Å². The predicted molar refractivity (Wildman–Crippen MR) is 118 cm³/mol. The Labute approximate surface area is 189 Å². The minimum atomic E-state index is -1.24. The molecule has 1 spiro atoms. The number of non-ortho nitro benzene ring substituents is 1. The molecule has 0 aliphatic carbocycles. The van der Waals surface area contributed by atoms with Crippen molar-refractivity contribution >= 4 is 34.8 Å². The fourth-order valence-electron chi connectivity index (χ4n) is 6.59. The van der Waals surface area contributed by atoms with E-state index in [1.54, 1.807) is 0 Å². The Balaban J connectivity index is 1.54. The summed E-state index contributed by atoms with van der Waals surface area (Å²) in [5.41, 5.74) is 1.23. The van der Waals surface area contributed by atoms with Crippen molar-refractivity contribution in [1.29, 1.82) is 0 Å². The molecule has 1 N–H and O–H groups in total. The fraction of sp³-hybridized carbons (Fsp3) is 0.375. The van der Waals surface area contributed by atoms with Gasteiger partial charge < -0.3 is 5.32 Å². The van der Waals surface area contributed by atoms with Crippen LogP contribution in [0.25, 0.3) is 0 Å². The second-order valence-corrected chi connectivity index (χ2v) is 9.11. The molecule has 0 unspecified atom stereocenters. The molecule has 3 saturated heterocycles. The van der Waals surface area contributed by atoms with Gasteiger partial charge in [0.2, 0.25) is 17.7 Å². The maximum Gasteiger partial charge on any atom is 0.271 e. The molecule has 9 nitrogen and oxygen atoms in total. The molecule has 2 aromatic rings. The number of imide groups is 1. The first-order valence-corrected chi connectivity index (χ1v) is 11.2. The molecule has 0 bridgehead atoms. The van der Waals surface area contributed by atoms with Crippen LogP contribution in [0.3, 0.4) is 0 Å². The molecule has 4 atom stereocenters. The smallest absolute Gasteiger partial charge is 0.271 e. The number of amides is 3. The minimum Gasteiger partial charge on any atom is -0.324 e. The summed E-state index contributed by atoms with van der Waals surface area (Å²) in [5.74, 6) is -2.65. The van der Waals surface area contributed by atoms with Crippen molar-refractivity contribution < 1.29 is 19.3 Å². The number of anilines is 2. The molecule has 4 heterocycles. The largest absolute Gasteiger partial charge is 0.324 e. The van der Waals surface area contributed by atoms with Crippen molar-refractivity contribution in [3.05, 3.63) is 63.7 Å². The molecular weight excluding hydrogens is 424 g/mol. The van der Waals surface area contributed by atoms with Gasteiger partial charge in [-0.3, -0.25) is 29.4 Å². The number of benzene rings is 2. The van der Waals surface area contributed by atoms with Crippen molar-refractivity contribution in [1.82, 2.24) is 4.90 Å². The summed E-state index contributed by atoms with van der Waals surface area (Å²) in [6, 6.07) is 11.1. The zero-order chi connectivity index (χ0) is 23.1. The molecule has 9 heteroatoms. The summed E-state index contributed by atoms with van der Waals surface area (Å²) >= 11 is 0. The Kier molecular flexibility index (Phi) is 4.08. The lowest BCUT2D eigenvalue weighted by atomic mass is 9.75. The van der Waals surface area contributed by atoms with Crippen LogP contribution in [0, 0.1) is 22.0 Å². The average molecular weight is 446 g/mol. The molecule has 6 rings (SSSR count). The molecule has 33 heavy (non-hydrogen) atoms. The van der Waals surface area contributed by atoms with E-state index in [0.717, 1.165) is 41.0 Å². The van der Waals surface area contributed by atoms with Gasteiger partial charge in [-0.05, 0) is 37.4 Å². The number of para-hydroxylation sites is 1. The summed E-state index contributed by atoms with van der Waals surface area (Å²) < 4.78 is 0. The van der Waals surface area contributed by atoms with Gasteiger partial charge in [-0.15, -0.1) is 0 Å². The Morgan fingerprint density at radius 2 is 1.94 bits per heavy atom. The maximum absolute atomic E-state index is 13.9. The van der Waals surface area contributed by atoms with E-state index in [0.29, 0.717) is 6.54 Å². The highest BCUT2D eigenvalue weighted by Gasteiger charge is 2.74. The fourth-order valence-corrected chi connectivity index (χ4v) is 6.59. The van der Waals surface area contributed by atoms with Gasteiger partial charge in [0.15, 0.2) is 0 Å². The van der Waals surface area contributed by atoms with E-state index in [-0.39, 0.29) is 29.2 Å². The third-order valence-corrected chi connectivity index (χ3v) is 7.79. The Hall–Kier alpha value is -3.59. The first-order valence-electron chi connectivity index (χ1n) is 11.2. The van der Waals surface area contributed by atoms with Crippen LogP contribution in [-0.4, -0.2) is 40.1 Å². The average Bonchev–Trinajstić information content (AvgIpc) is 3.51. The molecule has 0 radical (unpaired) electrons. The zero-order valence-electron chi connectivity index (χ0n) is 18.0. The van der Waals surface area contributed by atoms with Crippen LogP contribution in [0.4, 0.5) is 17.1 Å². The van der Waals surface area contributed by atoms with Crippen LogP contribution in [0.5, 0.6) is 0 Å². The third kappa shape index (κ3) is 2.32. The highest BCUT2D eigenvalue weighted by atomic mass is 16.6. The third-order valence-electron chi connectivity index (χ3n) is 7.79. The summed E-state index contributed by atoms with van der Waals surface area (Å²) in [5, 5.41) is 14.3. The van der Waals surface area contributed by atoms with E-state index in [1.807, 2.05) is 25.1 Å². The molecule has 4 aliphatic rings. The standard InChI is InChI=1S/C24H22N4O5/c1-2-13-6-3-9-16-20(13)25-23(31)24(16)19-18(17-10-5-11-26(17)24)21(29)27(22(19)30)14-7-4-8-15(12-14)28(32)33/h3-4,6-9,12,17-19H,2,5,10-11H2,1H3,(H,25,31)/t17-,18+,19+,24+/m1/s1. The van der Waals surface area contributed by atoms with Crippen LogP contribution in [0.15, 0.2) is 42.5 Å². The van der Waals surface area contributed by atoms with Crippen LogP contribution >= 0.6 is 0 Å². The number of hydrogen-bond acceptors (Lipinski definition) is 6. The monoisotopic (exact) mass is 446 g/mol. The number of fused-ring (bicyclic) bond motifs is 7. The van der Waals surface area contributed by atoms with E-state index in [2.05, 4.69) is 10.2 Å². The number of rotatable bonds is 3. The molecule has 3 fully saturated rings. The van der Waals surface area contributed by atoms with Gasteiger partial charge in [-0.1, -0.05) is 31.2 Å². The van der Waals surface area contributed by atoms with Crippen LogP contribution in [0.2, 0.25) is 0 Å². The van der Waals surface area contributed by atoms with Crippen molar-refractivity contribution in [2.24, 2.45) is 11.8 Å². The van der Waals surface area contributed by atoms with Crippen molar-refractivity contribution in [3.8, 4) is 0 Å². The van der Waals surface area contributed by atoms with Gasteiger partial charge in [0.05, 0.1) is 22.4 Å². The van der Waals surface area contributed by atoms with Crippen LogP contribution in [-0.2, 0) is 26.3 Å². The quantitative estimate of drug-likeness (QED) is 0.441. The van der Waals surface area contributed by atoms with E-state index in [9.17, 15) is 24.5 Å². The molecule has 168 valence electrons. The maximum atomic E-state index is 13.9. The SMILES string of the molecule is CCc1cccc2c1NC(=O)[C@@]21[C@@H]2C(=O)N(c3cccc([N+](=O)[O-])c3)C(=O)[C@H]2[C@H]2CCCN21. The van der Waals surface area contributed by atoms with Gasteiger partial charge in [-0.25, -0.2) is 4.90 Å². The number of aryl methyl sites for hydroxylation is 1. The number of hydrogen-bond donors (Lipinski definition) is 1. The normalized spacial score (nSPS) is 30.0. The lowest BCUT2D eigenvalue weighted by Gasteiger charge is -2.36. The topological polar surface area (TPSA) is 113 Å².